The highest BCUT2D eigenvalue weighted by Gasteiger charge is 2.07. The molecule has 1 rings (SSSR count). The zero-order valence-electron chi connectivity index (χ0n) is 7.41. The highest BCUT2D eigenvalue weighted by molar-refractivity contribution is 6.28. The summed E-state index contributed by atoms with van der Waals surface area (Å²) in [6.07, 6.45) is 1.49. The van der Waals surface area contributed by atoms with Crippen molar-refractivity contribution in [1.82, 2.24) is 9.97 Å². The second kappa shape index (κ2) is 4.18. The van der Waals surface area contributed by atoms with Crippen LogP contribution in [0.1, 0.15) is 13.8 Å². The van der Waals surface area contributed by atoms with Gasteiger partial charge in [0.15, 0.2) is 0 Å². The van der Waals surface area contributed by atoms with Gasteiger partial charge in [-0.05, 0) is 17.7 Å². The minimum atomic E-state index is -0.0882. The van der Waals surface area contributed by atoms with E-state index < -0.39 is 0 Å². The molecule has 0 atom stereocenters. The largest absolute Gasteiger partial charge is 0.310 e. The number of rotatable bonds is 2. The number of carbonyl (C=O) groups excluding carboxylic acids is 1. The summed E-state index contributed by atoms with van der Waals surface area (Å²) in [6, 6.07) is 1.59. The van der Waals surface area contributed by atoms with Crippen LogP contribution in [0.5, 0.6) is 0 Å². The summed E-state index contributed by atoms with van der Waals surface area (Å²) >= 11 is 5.53. The molecular formula is C8H10ClN3O. The van der Waals surface area contributed by atoms with Crippen molar-refractivity contribution in [3.63, 3.8) is 0 Å². The van der Waals surface area contributed by atoms with Crippen molar-refractivity contribution in [3.05, 3.63) is 17.5 Å². The van der Waals surface area contributed by atoms with E-state index in [1.54, 1.807) is 19.9 Å². The molecule has 0 saturated heterocycles. The minimum Gasteiger partial charge on any atom is -0.310 e. The van der Waals surface area contributed by atoms with E-state index in [0.717, 1.165) is 0 Å². The van der Waals surface area contributed by atoms with Crippen molar-refractivity contribution in [3.8, 4) is 0 Å². The molecule has 13 heavy (non-hydrogen) atoms. The Morgan fingerprint density at radius 3 is 2.85 bits per heavy atom. The standard InChI is InChI=1S/C8H10ClN3O/c1-5(2)7(13)11-6-3-4-10-8(9)12-6/h3-5H,1-2H3,(H,10,11,12,13). The SMILES string of the molecule is CC(C)C(=O)Nc1ccnc(Cl)n1. The highest BCUT2D eigenvalue weighted by Crippen LogP contribution is 2.07. The van der Waals surface area contributed by atoms with Gasteiger partial charge in [-0.25, -0.2) is 9.97 Å². The summed E-state index contributed by atoms with van der Waals surface area (Å²) in [5.41, 5.74) is 0. The quantitative estimate of drug-likeness (QED) is 0.738. The average Bonchev–Trinajstić information content (AvgIpc) is 2.04. The number of halogens is 1. The molecule has 0 aromatic carbocycles. The van der Waals surface area contributed by atoms with Crippen LogP contribution in [-0.4, -0.2) is 15.9 Å². The highest BCUT2D eigenvalue weighted by atomic mass is 35.5. The molecule has 0 fully saturated rings. The molecule has 1 amide bonds. The van der Waals surface area contributed by atoms with Crippen LogP contribution in [0.4, 0.5) is 5.82 Å². The molecule has 0 saturated carbocycles. The molecule has 1 N–H and O–H groups in total. The van der Waals surface area contributed by atoms with Gasteiger partial charge < -0.3 is 5.32 Å². The van der Waals surface area contributed by atoms with E-state index in [2.05, 4.69) is 15.3 Å². The first-order valence-electron chi connectivity index (χ1n) is 3.89. The zero-order chi connectivity index (χ0) is 9.84. The van der Waals surface area contributed by atoms with E-state index in [-0.39, 0.29) is 17.1 Å². The maximum absolute atomic E-state index is 11.2. The number of aromatic nitrogens is 2. The normalized spacial score (nSPS) is 10.2. The number of nitrogens with one attached hydrogen (secondary N) is 1. The lowest BCUT2D eigenvalue weighted by Crippen LogP contribution is -2.18. The van der Waals surface area contributed by atoms with E-state index >= 15 is 0 Å². The van der Waals surface area contributed by atoms with E-state index in [1.165, 1.54) is 6.20 Å². The van der Waals surface area contributed by atoms with Crippen molar-refractivity contribution >= 4 is 23.3 Å². The van der Waals surface area contributed by atoms with Gasteiger partial charge in [0.2, 0.25) is 11.2 Å². The molecule has 4 nitrogen and oxygen atoms in total. The van der Waals surface area contributed by atoms with Crippen molar-refractivity contribution in [1.29, 1.82) is 0 Å². The predicted molar refractivity (Wildman–Crippen MR) is 50.5 cm³/mol. The first kappa shape index (κ1) is 9.92. The Labute approximate surface area is 81.3 Å². The van der Waals surface area contributed by atoms with Gasteiger partial charge in [0.05, 0.1) is 0 Å². The first-order valence-corrected chi connectivity index (χ1v) is 4.27. The molecule has 1 aromatic rings. The van der Waals surface area contributed by atoms with Gasteiger partial charge in [0.25, 0.3) is 0 Å². The van der Waals surface area contributed by atoms with Crippen molar-refractivity contribution in [2.75, 3.05) is 5.32 Å². The molecule has 1 aromatic heterocycles. The van der Waals surface area contributed by atoms with Gasteiger partial charge in [-0.3, -0.25) is 4.79 Å². The third kappa shape index (κ3) is 2.99. The van der Waals surface area contributed by atoms with Crippen LogP contribution in [0.3, 0.4) is 0 Å². The monoisotopic (exact) mass is 199 g/mol. The van der Waals surface area contributed by atoms with E-state index in [1.807, 2.05) is 0 Å². The lowest BCUT2D eigenvalue weighted by Gasteiger charge is -2.05. The van der Waals surface area contributed by atoms with Crippen LogP contribution in [0, 0.1) is 5.92 Å². The summed E-state index contributed by atoms with van der Waals surface area (Å²) in [7, 11) is 0. The van der Waals surface area contributed by atoms with Crippen LogP contribution >= 0.6 is 11.6 Å². The molecule has 70 valence electrons. The Balaban J connectivity index is 2.69. The number of carbonyl (C=O) groups is 1. The fourth-order valence-electron chi connectivity index (χ4n) is 0.675. The smallest absolute Gasteiger partial charge is 0.228 e. The maximum atomic E-state index is 11.2. The van der Waals surface area contributed by atoms with E-state index in [0.29, 0.717) is 5.82 Å². The molecule has 0 spiro atoms. The van der Waals surface area contributed by atoms with Crippen LogP contribution in [0.15, 0.2) is 12.3 Å². The summed E-state index contributed by atoms with van der Waals surface area (Å²) in [6.45, 7) is 3.61. The molecule has 1 heterocycles. The predicted octanol–water partition coefficient (Wildman–Crippen LogP) is 1.72. The molecule has 0 bridgehead atoms. The fourth-order valence-corrected chi connectivity index (χ4v) is 0.822. The van der Waals surface area contributed by atoms with Gasteiger partial charge in [0.1, 0.15) is 5.82 Å². The Kier molecular flexibility index (Phi) is 3.19. The van der Waals surface area contributed by atoms with Crippen LogP contribution < -0.4 is 5.32 Å². The average molecular weight is 200 g/mol. The van der Waals surface area contributed by atoms with Gasteiger partial charge in [-0.2, -0.15) is 0 Å². The van der Waals surface area contributed by atoms with Crippen LogP contribution in [0.2, 0.25) is 5.28 Å². The topological polar surface area (TPSA) is 54.9 Å². The molecule has 0 aliphatic rings. The number of amides is 1. The first-order chi connectivity index (χ1) is 6.09. The summed E-state index contributed by atoms with van der Waals surface area (Å²) in [5.74, 6) is 0.266. The Hall–Kier alpha value is -1.16. The second-order valence-corrected chi connectivity index (χ2v) is 3.19. The number of nitrogens with zero attached hydrogens (tertiary/aromatic N) is 2. The van der Waals surface area contributed by atoms with Crippen molar-refractivity contribution in [2.45, 2.75) is 13.8 Å². The second-order valence-electron chi connectivity index (χ2n) is 2.85. The molecule has 0 unspecified atom stereocenters. The van der Waals surface area contributed by atoms with Gasteiger partial charge in [0, 0.05) is 12.1 Å². The lowest BCUT2D eigenvalue weighted by molar-refractivity contribution is -0.118. The number of hydrogen-bond acceptors (Lipinski definition) is 3. The van der Waals surface area contributed by atoms with Crippen molar-refractivity contribution < 1.29 is 4.79 Å². The summed E-state index contributed by atoms with van der Waals surface area (Å²) in [5, 5.41) is 2.73. The lowest BCUT2D eigenvalue weighted by atomic mass is 10.2. The molecular weight excluding hydrogens is 190 g/mol. The molecule has 5 heteroatoms. The van der Waals surface area contributed by atoms with Gasteiger partial charge in [-0.1, -0.05) is 13.8 Å². The van der Waals surface area contributed by atoms with Crippen molar-refractivity contribution in [2.24, 2.45) is 5.92 Å². The van der Waals surface area contributed by atoms with Gasteiger partial charge in [-0.15, -0.1) is 0 Å². The third-order valence-corrected chi connectivity index (χ3v) is 1.58. The molecule has 0 aliphatic heterocycles. The Morgan fingerprint density at radius 2 is 2.31 bits per heavy atom. The van der Waals surface area contributed by atoms with Crippen LogP contribution in [-0.2, 0) is 4.79 Å². The molecule has 0 radical (unpaired) electrons. The molecule has 0 aliphatic carbocycles. The minimum absolute atomic E-state index is 0.0752. The Bertz CT molecular complexity index is 314. The third-order valence-electron chi connectivity index (χ3n) is 1.40. The Morgan fingerprint density at radius 1 is 1.62 bits per heavy atom. The van der Waals surface area contributed by atoms with Crippen LogP contribution in [0.25, 0.3) is 0 Å². The fraction of sp³-hybridized carbons (Fsp3) is 0.375. The zero-order valence-corrected chi connectivity index (χ0v) is 8.17. The van der Waals surface area contributed by atoms with E-state index in [9.17, 15) is 4.79 Å². The summed E-state index contributed by atoms with van der Waals surface area (Å²) < 4.78 is 0. The maximum Gasteiger partial charge on any atom is 0.228 e. The van der Waals surface area contributed by atoms with Gasteiger partial charge >= 0.3 is 0 Å². The number of hydrogen-bond donors (Lipinski definition) is 1. The van der Waals surface area contributed by atoms with E-state index in [4.69, 9.17) is 11.6 Å². The number of anilines is 1. The summed E-state index contributed by atoms with van der Waals surface area (Å²) in [4.78, 5) is 18.7.